The van der Waals surface area contributed by atoms with Crippen LogP contribution in [-0.2, 0) is 17.8 Å². The zero-order chi connectivity index (χ0) is 17.1. The Morgan fingerprint density at radius 3 is 2.79 bits per heavy atom. The lowest BCUT2D eigenvalue weighted by molar-refractivity contribution is 0.0467. The number of halogens is 1. The van der Waals surface area contributed by atoms with Gasteiger partial charge < -0.3 is 4.74 Å². The molecule has 0 saturated heterocycles. The second-order valence-corrected chi connectivity index (χ2v) is 6.15. The molecular formula is C16H14FN3O3S. The van der Waals surface area contributed by atoms with Crippen LogP contribution in [0.15, 0.2) is 35.1 Å². The summed E-state index contributed by atoms with van der Waals surface area (Å²) in [4.78, 5) is 28.7. The van der Waals surface area contributed by atoms with Crippen molar-refractivity contribution in [1.29, 1.82) is 0 Å². The highest BCUT2D eigenvalue weighted by Crippen LogP contribution is 2.13. The molecule has 0 aliphatic carbocycles. The van der Waals surface area contributed by atoms with Crippen LogP contribution in [0.1, 0.15) is 34.4 Å². The van der Waals surface area contributed by atoms with Crippen LogP contribution >= 0.6 is 11.3 Å². The molecule has 1 aromatic carbocycles. The van der Waals surface area contributed by atoms with Gasteiger partial charge in [-0.25, -0.2) is 14.2 Å². The minimum absolute atomic E-state index is 0.136. The van der Waals surface area contributed by atoms with Crippen LogP contribution in [0.3, 0.4) is 0 Å². The third kappa shape index (κ3) is 3.48. The summed E-state index contributed by atoms with van der Waals surface area (Å²) in [6, 6.07) is 6.33. The van der Waals surface area contributed by atoms with Crippen molar-refractivity contribution < 1.29 is 13.9 Å². The van der Waals surface area contributed by atoms with E-state index in [4.69, 9.17) is 4.74 Å². The van der Waals surface area contributed by atoms with Crippen LogP contribution in [-0.4, -0.2) is 20.6 Å². The van der Waals surface area contributed by atoms with E-state index < -0.39 is 11.8 Å². The molecule has 124 valence electrons. The summed E-state index contributed by atoms with van der Waals surface area (Å²) < 4.78 is 19.2. The van der Waals surface area contributed by atoms with Crippen LogP contribution in [0.25, 0.3) is 4.96 Å². The van der Waals surface area contributed by atoms with Gasteiger partial charge in [-0.2, -0.15) is 9.61 Å². The van der Waals surface area contributed by atoms with E-state index in [0.29, 0.717) is 10.7 Å². The largest absolute Gasteiger partial charge is 0.456 e. The minimum atomic E-state index is -0.604. The molecule has 8 heteroatoms. The summed E-state index contributed by atoms with van der Waals surface area (Å²) in [6.45, 7) is 1.89. The fourth-order valence-corrected chi connectivity index (χ4v) is 3.11. The lowest BCUT2D eigenvalue weighted by Crippen LogP contribution is -2.16. The van der Waals surface area contributed by atoms with Crippen molar-refractivity contribution in [2.75, 3.05) is 0 Å². The average molecular weight is 347 g/mol. The number of hydrogen-bond donors (Lipinski definition) is 0. The lowest BCUT2D eigenvalue weighted by atomic mass is 10.2. The van der Waals surface area contributed by atoms with Crippen LogP contribution in [0.2, 0.25) is 0 Å². The number of benzene rings is 1. The number of carbonyl (C=O) groups excluding carboxylic acids is 1. The van der Waals surface area contributed by atoms with Gasteiger partial charge in [-0.3, -0.25) is 4.79 Å². The van der Waals surface area contributed by atoms with Gasteiger partial charge in [0.05, 0.1) is 11.3 Å². The Balaban J connectivity index is 1.76. The Morgan fingerprint density at radius 2 is 2.08 bits per heavy atom. The summed E-state index contributed by atoms with van der Waals surface area (Å²) in [7, 11) is 0. The zero-order valence-electron chi connectivity index (χ0n) is 12.9. The van der Waals surface area contributed by atoms with E-state index in [2.05, 4.69) is 10.1 Å². The smallest absolute Gasteiger partial charge is 0.338 e. The molecule has 0 unspecified atom stereocenters. The van der Waals surface area contributed by atoms with Crippen LogP contribution in [0.5, 0.6) is 0 Å². The summed E-state index contributed by atoms with van der Waals surface area (Å²) in [6.07, 6.45) is 1.71. The number of rotatable bonds is 5. The molecule has 0 bridgehead atoms. The van der Waals surface area contributed by atoms with Gasteiger partial charge >= 0.3 is 5.97 Å². The number of nitrogens with zero attached hydrogens (tertiary/aromatic N) is 3. The normalized spacial score (nSPS) is 10.9. The van der Waals surface area contributed by atoms with Gasteiger partial charge in [0.15, 0.2) is 0 Å². The molecule has 0 fully saturated rings. The monoisotopic (exact) mass is 347 g/mol. The fraction of sp³-hybridized carbons (Fsp3) is 0.250. The van der Waals surface area contributed by atoms with Gasteiger partial charge in [-0.1, -0.05) is 18.3 Å². The summed E-state index contributed by atoms with van der Waals surface area (Å²) in [5.41, 5.74) is 0.269. The number of hydrogen-bond acceptors (Lipinski definition) is 6. The first kappa shape index (κ1) is 16.3. The van der Waals surface area contributed by atoms with Gasteiger partial charge in [0.1, 0.15) is 17.4 Å². The molecule has 3 rings (SSSR count). The van der Waals surface area contributed by atoms with Crippen molar-refractivity contribution in [2.24, 2.45) is 0 Å². The van der Waals surface area contributed by atoms with Crippen LogP contribution in [0, 0.1) is 5.82 Å². The van der Waals surface area contributed by atoms with Gasteiger partial charge in [0, 0.05) is 12.5 Å². The van der Waals surface area contributed by atoms with Crippen molar-refractivity contribution >= 4 is 22.3 Å². The average Bonchev–Trinajstić information content (AvgIpc) is 2.97. The Morgan fingerprint density at radius 1 is 1.33 bits per heavy atom. The Labute approximate surface area is 140 Å². The van der Waals surface area contributed by atoms with Crippen molar-refractivity contribution in [3.63, 3.8) is 0 Å². The second-order valence-electron chi connectivity index (χ2n) is 5.11. The number of ether oxygens (including phenoxy) is 1. The summed E-state index contributed by atoms with van der Waals surface area (Å²) in [5.74, 6) is -1.03. The first-order valence-corrected chi connectivity index (χ1v) is 8.20. The predicted octanol–water partition coefficient (Wildman–Crippen LogP) is 2.60. The van der Waals surface area contributed by atoms with Gasteiger partial charge in [-0.05, 0) is 30.7 Å². The summed E-state index contributed by atoms with van der Waals surface area (Å²) >= 11 is 1.34. The molecule has 2 heterocycles. The van der Waals surface area contributed by atoms with E-state index in [1.54, 1.807) is 0 Å². The van der Waals surface area contributed by atoms with E-state index in [1.165, 1.54) is 46.2 Å². The molecule has 0 radical (unpaired) electrons. The highest BCUT2D eigenvalue weighted by atomic mass is 32.1. The number of fused-ring (bicyclic) bond motifs is 1. The Kier molecular flexibility index (Phi) is 4.66. The predicted molar refractivity (Wildman–Crippen MR) is 86.6 cm³/mol. The van der Waals surface area contributed by atoms with Crippen LogP contribution in [0.4, 0.5) is 4.39 Å². The SMILES string of the molecule is CCCc1nn2c(=O)cc(COC(=O)c3ccc(F)cc3)nc2s1. The zero-order valence-corrected chi connectivity index (χ0v) is 13.7. The molecule has 0 N–H and O–H groups in total. The topological polar surface area (TPSA) is 73.6 Å². The van der Waals surface area contributed by atoms with E-state index in [0.717, 1.165) is 17.8 Å². The van der Waals surface area contributed by atoms with Crippen molar-refractivity contribution in [2.45, 2.75) is 26.4 Å². The molecule has 24 heavy (non-hydrogen) atoms. The molecule has 0 atom stereocenters. The summed E-state index contributed by atoms with van der Waals surface area (Å²) in [5, 5.41) is 5.05. The maximum Gasteiger partial charge on any atom is 0.338 e. The Bertz CT molecular complexity index is 934. The Hall–Kier alpha value is -2.61. The molecule has 0 spiro atoms. The first-order valence-electron chi connectivity index (χ1n) is 7.38. The van der Waals surface area contributed by atoms with Crippen LogP contribution < -0.4 is 5.56 Å². The molecule has 0 saturated carbocycles. The van der Waals surface area contributed by atoms with Crippen molar-refractivity contribution in [1.82, 2.24) is 14.6 Å². The number of carbonyl (C=O) groups is 1. The quantitative estimate of drug-likeness (QED) is 0.663. The number of aromatic nitrogens is 3. The maximum atomic E-state index is 12.8. The minimum Gasteiger partial charge on any atom is -0.456 e. The van der Waals surface area contributed by atoms with Crippen molar-refractivity contribution in [3.05, 3.63) is 62.8 Å². The number of esters is 1. The van der Waals surface area contributed by atoms with Gasteiger partial charge in [0.2, 0.25) is 4.96 Å². The highest BCUT2D eigenvalue weighted by molar-refractivity contribution is 7.16. The molecular weight excluding hydrogens is 333 g/mol. The molecule has 2 aromatic heterocycles. The third-order valence-corrected chi connectivity index (χ3v) is 4.20. The molecule has 0 aliphatic heterocycles. The molecule has 0 aliphatic rings. The lowest BCUT2D eigenvalue weighted by Gasteiger charge is -2.04. The van der Waals surface area contributed by atoms with E-state index >= 15 is 0 Å². The van der Waals surface area contributed by atoms with Crippen molar-refractivity contribution in [3.8, 4) is 0 Å². The van der Waals surface area contributed by atoms with Gasteiger partial charge in [0.25, 0.3) is 5.56 Å². The highest BCUT2D eigenvalue weighted by Gasteiger charge is 2.11. The van der Waals surface area contributed by atoms with Gasteiger partial charge in [-0.15, -0.1) is 0 Å². The molecule has 6 nitrogen and oxygen atoms in total. The molecule has 0 amide bonds. The van der Waals surface area contributed by atoms with E-state index in [9.17, 15) is 14.0 Å². The van der Waals surface area contributed by atoms with E-state index in [-0.39, 0.29) is 17.7 Å². The number of aryl methyl sites for hydroxylation is 1. The first-order chi connectivity index (χ1) is 11.6. The standard InChI is InChI=1S/C16H14FN3O3S/c1-2-3-13-19-20-14(21)8-12(18-16(20)24-13)9-23-15(22)10-4-6-11(17)7-5-10/h4-8H,2-3,9H2,1H3. The van der Waals surface area contributed by atoms with E-state index in [1.807, 2.05) is 6.92 Å². The third-order valence-electron chi connectivity index (χ3n) is 3.23. The second kappa shape index (κ2) is 6.88. The maximum absolute atomic E-state index is 12.8. The molecule has 3 aromatic rings. The fourth-order valence-electron chi connectivity index (χ4n) is 2.09.